The van der Waals surface area contributed by atoms with Crippen LogP contribution in [0.2, 0.25) is 0 Å². The second kappa shape index (κ2) is 34.9. The third-order valence-corrected chi connectivity index (χ3v) is 17.0. The summed E-state index contributed by atoms with van der Waals surface area (Å²) in [4.78, 5) is 30.7. The van der Waals surface area contributed by atoms with E-state index in [0.29, 0.717) is 46.5 Å². The maximum absolute atomic E-state index is 16.5. The minimum absolute atomic E-state index is 0.0176. The number of rotatable bonds is 32. The smallest absolute Gasteiger partial charge is 0.330 e. The molecule has 1 saturated heterocycles. The highest BCUT2D eigenvalue weighted by atomic mass is 16.7. The van der Waals surface area contributed by atoms with Crippen LogP contribution >= 0.6 is 0 Å². The average molecular weight is 1360 g/mol. The van der Waals surface area contributed by atoms with Crippen LogP contribution in [0.5, 0.6) is 40.2 Å². The fourth-order valence-corrected chi connectivity index (χ4v) is 11.7. The quantitative estimate of drug-likeness (QED) is 0.0289. The van der Waals surface area contributed by atoms with E-state index in [1.165, 1.54) is 6.08 Å². The number of carbonyl (C=O) groups excluding carboxylic acids is 1. The Bertz CT molecular complexity index is 4700. The van der Waals surface area contributed by atoms with Crippen LogP contribution in [0.25, 0.3) is 28.4 Å². The Morgan fingerprint density at radius 3 is 1.29 bits per heavy atom. The van der Waals surface area contributed by atoms with Crippen LogP contribution in [-0.4, -0.2) is 50.4 Å². The lowest BCUT2D eigenvalue weighted by molar-refractivity contribution is -0.308. The fourth-order valence-electron chi connectivity index (χ4n) is 11.7. The molecule has 514 valence electrons. The molecule has 0 radical (unpaired) electrons. The molecule has 102 heavy (non-hydrogen) atoms. The maximum Gasteiger partial charge on any atom is 0.330 e. The summed E-state index contributed by atoms with van der Waals surface area (Å²) in [7, 11) is 1.56. The van der Waals surface area contributed by atoms with Gasteiger partial charge in [-0.3, -0.25) is 4.79 Å². The van der Waals surface area contributed by atoms with Gasteiger partial charge in [-0.25, -0.2) is 4.79 Å². The molecule has 0 aliphatic carbocycles. The molecule has 0 spiro atoms. The predicted molar refractivity (Wildman–Crippen MR) is 389 cm³/mol. The summed E-state index contributed by atoms with van der Waals surface area (Å²) in [5.41, 5.74) is 7.63. The van der Waals surface area contributed by atoms with Gasteiger partial charge in [0.2, 0.25) is 17.5 Å². The van der Waals surface area contributed by atoms with E-state index < -0.39 is 42.1 Å². The van der Waals surface area contributed by atoms with Crippen LogP contribution in [0.15, 0.2) is 306 Å². The van der Waals surface area contributed by atoms with Crippen molar-refractivity contribution in [1.82, 2.24) is 0 Å². The van der Waals surface area contributed by atoms with Crippen molar-refractivity contribution in [3.8, 4) is 51.6 Å². The molecule has 1 aromatic heterocycles. The molecule has 12 aromatic rings. The van der Waals surface area contributed by atoms with Gasteiger partial charge in [-0.1, -0.05) is 249 Å². The summed E-state index contributed by atoms with van der Waals surface area (Å²) in [5, 5.41) is 0.0443. The SMILES string of the molecule is COc1cc(/C=C/C(=O)OC[C@@H]2O[C@H](Oc3c(-c4ccc(OCc5ccccc5)c(OCc5ccccc5)c4)oc4cc(OCc5ccccc5)cc(OCc5ccccc5)c4c3=O)[C@@H](OCc3ccccc3)[C@H](OCc3ccccc3)[C@H]2OCc2ccccc2)ccc1OCc1ccccc1. The second-order valence-electron chi connectivity index (χ2n) is 24.2. The number of methoxy groups -OCH3 is 1. The third-order valence-electron chi connectivity index (χ3n) is 17.0. The molecule has 2 heterocycles. The highest BCUT2D eigenvalue weighted by Gasteiger charge is 2.51. The molecule has 1 aliphatic rings. The first-order chi connectivity index (χ1) is 50.3. The highest BCUT2D eigenvalue weighted by Crippen LogP contribution is 2.43. The lowest BCUT2D eigenvalue weighted by atomic mass is 9.97. The minimum Gasteiger partial charge on any atom is -0.493 e. The van der Waals surface area contributed by atoms with E-state index in [4.69, 9.17) is 61.3 Å². The van der Waals surface area contributed by atoms with Crippen molar-refractivity contribution in [2.24, 2.45) is 0 Å². The molecule has 15 nitrogen and oxygen atoms in total. The second-order valence-corrected chi connectivity index (χ2v) is 24.2. The molecule has 5 atom stereocenters. The molecule has 13 rings (SSSR count). The molecule has 0 saturated carbocycles. The van der Waals surface area contributed by atoms with E-state index in [1.807, 2.05) is 249 Å². The Kier molecular flexibility index (Phi) is 23.5. The van der Waals surface area contributed by atoms with Crippen molar-refractivity contribution in [3.05, 3.63) is 358 Å². The Hall–Kier alpha value is -11.7. The van der Waals surface area contributed by atoms with Gasteiger partial charge in [-0.15, -0.1) is 0 Å². The largest absolute Gasteiger partial charge is 0.493 e. The van der Waals surface area contributed by atoms with E-state index in [9.17, 15) is 4.79 Å². The lowest BCUT2D eigenvalue weighted by Crippen LogP contribution is -2.62. The molecule has 0 unspecified atom stereocenters. The average Bonchev–Trinajstić information content (AvgIpc) is 0.750. The Morgan fingerprint density at radius 1 is 0.402 bits per heavy atom. The predicted octanol–water partition coefficient (Wildman–Crippen LogP) is 17.5. The van der Waals surface area contributed by atoms with Gasteiger partial charge >= 0.3 is 5.97 Å². The third kappa shape index (κ3) is 18.6. The van der Waals surface area contributed by atoms with E-state index in [-0.39, 0.29) is 81.1 Å². The van der Waals surface area contributed by atoms with Crippen molar-refractivity contribution in [2.45, 2.75) is 83.6 Å². The summed E-state index contributed by atoms with van der Waals surface area (Å²) in [6, 6.07) is 91.9. The topological polar surface area (TPSA) is 158 Å². The summed E-state index contributed by atoms with van der Waals surface area (Å²) < 4.78 is 87.4. The van der Waals surface area contributed by atoms with E-state index in [2.05, 4.69) is 0 Å². The molecule has 0 amide bonds. The molecule has 1 fully saturated rings. The van der Waals surface area contributed by atoms with Gasteiger partial charge in [-0.2, -0.15) is 0 Å². The van der Waals surface area contributed by atoms with E-state index in [0.717, 1.165) is 44.5 Å². The molecular formula is C87H76O15. The number of benzene rings is 11. The Balaban J connectivity index is 0.930. The lowest BCUT2D eigenvalue weighted by Gasteiger charge is -2.45. The molecule has 1 aliphatic heterocycles. The number of esters is 1. The molecule has 0 bridgehead atoms. The normalized spacial score (nSPS) is 15.7. The summed E-state index contributed by atoms with van der Waals surface area (Å²) in [6.07, 6.45) is -3.02. The number of ether oxygens (including phenoxy) is 12. The standard InChI is InChI=1S/C87H76O15/c1-90-74-48-61(42-45-72(74)92-53-63-28-12-3-13-29-63)43-47-79(88)96-60-78-83(97-57-67-36-20-7-21-37-67)85(98-58-68-38-22-8-23-39-68)86(99-59-69-40-24-9-25-41-69)87(101-78)102-84-81(89)80-76(95-56-66-34-18-6-19-35-66)50-71(91-52-62-26-10-2-11-27-62)51-77(80)100-82(84)70-44-46-73(93-54-64-30-14-4-15-31-64)75(49-70)94-55-65-32-16-5-17-33-65/h2-51,78,83,85-87H,52-60H2,1H3/b47-43+/t78-,83-,85+,86-,87+/m0/s1. The maximum atomic E-state index is 16.5. The molecule has 0 N–H and O–H groups in total. The Morgan fingerprint density at radius 2 is 0.814 bits per heavy atom. The molecular weight excluding hydrogens is 1280 g/mol. The van der Waals surface area contributed by atoms with Crippen LogP contribution in [0.4, 0.5) is 0 Å². The zero-order valence-electron chi connectivity index (χ0n) is 56.2. The van der Waals surface area contributed by atoms with Crippen LogP contribution in [-0.2, 0) is 81.3 Å². The van der Waals surface area contributed by atoms with Gasteiger partial charge in [0, 0.05) is 23.8 Å². The van der Waals surface area contributed by atoms with Crippen LogP contribution in [0.3, 0.4) is 0 Å². The van der Waals surface area contributed by atoms with Gasteiger partial charge in [0.05, 0.1) is 26.9 Å². The minimum atomic E-state index is -1.54. The van der Waals surface area contributed by atoms with Crippen LogP contribution in [0.1, 0.15) is 50.1 Å². The fraction of sp³-hybridized carbons (Fsp3) is 0.172. The van der Waals surface area contributed by atoms with Gasteiger partial charge in [0.15, 0.2) is 28.8 Å². The first-order valence-electron chi connectivity index (χ1n) is 33.8. The van der Waals surface area contributed by atoms with Crippen molar-refractivity contribution in [3.63, 3.8) is 0 Å². The van der Waals surface area contributed by atoms with Crippen LogP contribution < -0.4 is 38.6 Å². The number of carbonyl (C=O) groups is 1. The van der Waals surface area contributed by atoms with Gasteiger partial charge in [0.1, 0.15) is 86.5 Å². The first-order valence-corrected chi connectivity index (χ1v) is 33.8. The number of hydrogen-bond donors (Lipinski definition) is 0. The summed E-state index contributed by atoms with van der Waals surface area (Å²) in [5.74, 6) is 1.31. The highest BCUT2D eigenvalue weighted by molar-refractivity contribution is 5.89. The van der Waals surface area contributed by atoms with Crippen molar-refractivity contribution in [1.29, 1.82) is 0 Å². The monoisotopic (exact) mass is 1360 g/mol. The molecule has 11 aromatic carbocycles. The molecule has 15 heteroatoms. The van der Waals surface area contributed by atoms with Crippen LogP contribution in [0, 0.1) is 0 Å². The number of hydrogen-bond acceptors (Lipinski definition) is 15. The van der Waals surface area contributed by atoms with Crippen molar-refractivity contribution >= 4 is 23.0 Å². The first kappa shape index (κ1) is 68.8. The zero-order chi connectivity index (χ0) is 69.5. The van der Waals surface area contributed by atoms with Gasteiger partial charge < -0.3 is 61.3 Å². The summed E-state index contributed by atoms with van der Waals surface area (Å²) >= 11 is 0. The van der Waals surface area contributed by atoms with Crippen molar-refractivity contribution < 1.29 is 66.1 Å². The van der Waals surface area contributed by atoms with Gasteiger partial charge in [-0.05, 0) is 86.5 Å². The van der Waals surface area contributed by atoms with Crippen molar-refractivity contribution in [2.75, 3.05) is 13.7 Å². The number of fused-ring (bicyclic) bond motifs is 1. The van der Waals surface area contributed by atoms with E-state index >= 15 is 4.79 Å². The zero-order valence-corrected chi connectivity index (χ0v) is 56.2. The Labute approximate surface area is 592 Å². The summed E-state index contributed by atoms with van der Waals surface area (Å²) in [6.45, 7) is 0.833. The van der Waals surface area contributed by atoms with Gasteiger partial charge in [0.25, 0.3) is 0 Å². The van der Waals surface area contributed by atoms with E-state index in [1.54, 1.807) is 55.7 Å².